The Morgan fingerprint density at radius 1 is 0.773 bits per heavy atom. The van der Waals surface area contributed by atoms with Crippen LogP contribution in [0, 0.1) is 34.5 Å². The molecular formula is C49H78O17. The minimum Gasteiger partial charge on any atom is -0.458 e. The molecule has 0 aromatic heterocycles. The first-order valence-corrected chi connectivity index (χ1v) is 24.3. The first-order chi connectivity index (χ1) is 31.1. The molecule has 3 heterocycles. The molecule has 3 N–H and O–H groups in total. The second-order valence-electron chi connectivity index (χ2n) is 21.2. The summed E-state index contributed by atoms with van der Waals surface area (Å²) < 4.78 is 68.2. The molecule has 17 heteroatoms. The monoisotopic (exact) mass is 939 g/mol. The molecule has 16 unspecified atom stereocenters. The Labute approximate surface area is 390 Å². The van der Waals surface area contributed by atoms with Gasteiger partial charge in [0, 0.05) is 64.8 Å². The lowest BCUT2D eigenvalue weighted by molar-refractivity contribution is -0.352. The summed E-state index contributed by atoms with van der Waals surface area (Å²) in [5.41, 5.74) is -1.91. The maximum Gasteiger partial charge on any atom is 0.306 e. The SMILES string of the molecule is COC1CC(OC2CC[C@@]3(C)C(=CC[C@@H]4[C@H]3C(OC(C)=O)C(OC(=O)CC(C)C)[C@]3(C)[C@@H](C(C)=O)CC[C@]43O)C2)OC(C)C1OC1CC(OC)C(OC2OC(C)C(O)C(OC)C2O)C(C)O1. The molecule has 17 nitrogen and oxygen atoms in total. The van der Waals surface area contributed by atoms with E-state index in [1.807, 2.05) is 34.6 Å². The average molecular weight is 939 g/mol. The quantitative estimate of drug-likeness (QED) is 0.163. The summed E-state index contributed by atoms with van der Waals surface area (Å²) in [5, 5.41) is 34.4. The zero-order valence-corrected chi connectivity index (χ0v) is 41.0. The number of ketones is 1. The summed E-state index contributed by atoms with van der Waals surface area (Å²) in [6, 6.07) is 0. The highest BCUT2D eigenvalue weighted by Crippen LogP contribution is 2.69. The predicted molar refractivity (Wildman–Crippen MR) is 234 cm³/mol. The van der Waals surface area contributed by atoms with Gasteiger partial charge in [-0.3, -0.25) is 14.4 Å². The van der Waals surface area contributed by atoms with Gasteiger partial charge in [0.15, 0.2) is 18.9 Å². The number of Topliss-reactive ketones (excluding diaryl/α,β-unsaturated/α-hetero) is 1. The van der Waals surface area contributed by atoms with Crippen LogP contribution in [0.4, 0.5) is 0 Å². The molecule has 4 aliphatic carbocycles. The van der Waals surface area contributed by atoms with Crippen molar-refractivity contribution in [2.24, 2.45) is 34.5 Å². The lowest BCUT2D eigenvalue weighted by Gasteiger charge is -2.64. The van der Waals surface area contributed by atoms with Crippen molar-refractivity contribution in [3.05, 3.63) is 11.6 Å². The van der Waals surface area contributed by atoms with Gasteiger partial charge in [0.05, 0.1) is 42.2 Å². The minimum absolute atomic E-state index is 0.0185. The molecule has 376 valence electrons. The van der Waals surface area contributed by atoms with E-state index in [2.05, 4.69) is 13.0 Å². The van der Waals surface area contributed by atoms with Crippen LogP contribution in [-0.2, 0) is 66.5 Å². The van der Waals surface area contributed by atoms with E-state index in [1.165, 1.54) is 21.0 Å². The second kappa shape index (κ2) is 20.3. The molecule has 0 radical (unpaired) electrons. The molecule has 7 rings (SSSR count). The number of carbonyl (C=O) groups is 3. The van der Waals surface area contributed by atoms with Gasteiger partial charge in [0.25, 0.3) is 0 Å². The van der Waals surface area contributed by atoms with E-state index in [1.54, 1.807) is 21.1 Å². The summed E-state index contributed by atoms with van der Waals surface area (Å²) in [6.07, 6.45) is -4.93. The Morgan fingerprint density at radius 2 is 1.39 bits per heavy atom. The van der Waals surface area contributed by atoms with E-state index in [4.69, 9.17) is 52.1 Å². The largest absolute Gasteiger partial charge is 0.458 e. The van der Waals surface area contributed by atoms with E-state index in [9.17, 15) is 29.7 Å². The van der Waals surface area contributed by atoms with Crippen molar-refractivity contribution >= 4 is 17.7 Å². The predicted octanol–water partition coefficient (Wildman–Crippen LogP) is 4.32. The molecule has 3 saturated heterocycles. The van der Waals surface area contributed by atoms with Crippen molar-refractivity contribution in [1.29, 1.82) is 0 Å². The number of aliphatic hydroxyl groups excluding tert-OH is 2. The number of methoxy groups -OCH3 is 3. The normalized spacial score (nSPS) is 48.1. The molecule has 0 bridgehead atoms. The number of hydrogen-bond acceptors (Lipinski definition) is 17. The smallest absolute Gasteiger partial charge is 0.306 e. The molecule has 66 heavy (non-hydrogen) atoms. The van der Waals surface area contributed by atoms with Crippen molar-refractivity contribution < 1.29 is 81.8 Å². The van der Waals surface area contributed by atoms with E-state index < -0.39 is 126 Å². The standard InChI is InChI=1S/C49H78O17/c1-23(2)19-35(52)64-45-43(62-28(7)51)38-32(49(55)18-16-31(24(3)50)48(45,49)9)14-13-29-20-30(15-17-47(29,38)8)63-36-21-33(56-10)41(26(5)59-36)65-37-22-34(57-11)42(27(6)60-37)66-46-40(54)44(58-12)39(53)25(4)61-46/h13,23,25-27,30-34,36-46,53-55H,14-22H2,1-12H3/t25?,26?,27?,30?,31-,32-,33?,34?,36?,37?,38+,39?,40?,41?,42?,43?,44?,45?,46?,47+,48+,49+/m1/s1. The Bertz CT molecular complexity index is 1760. The molecule has 22 atom stereocenters. The number of fused-ring (bicyclic) bond motifs is 5. The summed E-state index contributed by atoms with van der Waals surface area (Å²) in [5.74, 6) is -2.31. The highest BCUT2D eigenvalue weighted by atomic mass is 16.8. The summed E-state index contributed by atoms with van der Waals surface area (Å²) in [4.78, 5) is 39.8. The van der Waals surface area contributed by atoms with Gasteiger partial charge in [0.1, 0.15) is 48.5 Å². The summed E-state index contributed by atoms with van der Waals surface area (Å²) >= 11 is 0. The van der Waals surface area contributed by atoms with Gasteiger partial charge in [-0.1, -0.05) is 39.3 Å². The van der Waals surface area contributed by atoms with Crippen LogP contribution >= 0.6 is 0 Å². The number of rotatable bonds is 14. The lowest BCUT2D eigenvalue weighted by atomic mass is 9.44. The van der Waals surface area contributed by atoms with E-state index in [0.29, 0.717) is 51.4 Å². The Balaban J connectivity index is 1.02. The van der Waals surface area contributed by atoms with Gasteiger partial charge >= 0.3 is 11.9 Å². The van der Waals surface area contributed by atoms with Crippen LogP contribution in [0.25, 0.3) is 0 Å². The Morgan fingerprint density at radius 3 is 1.97 bits per heavy atom. The van der Waals surface area contributed by atoms with Crippen LogP contribution in [0.3, 0.4) is 0 Å². The van der Waals surface area contributed by atoms with Crippen molar-refractivity contribution in [3.63, 3.8) is 0 Å². The fourth-order valence-electron chi connectivity index (χ4n) is 13.4. The van der Waals surface area contributed by atoms with Gasteiger partial charge in [-0.05, 0) is 83.5 Å². The second-order valence-corrected chi connectivity index (χ2v) is 21.2. The van der Waals surface area contributed by atoms with Crippen LogP contribution in [0.5, 0.6) is 0 Å². The molecule has 3 saturated carbocycles. The van der Waals surface area contributed by atoms with Crippen LogP contribution in [-0.4, -0.2) is 158 Å². The van der Waals surface area contributed by atoms with E-state index >= 15 is 0 Å². The summed E-state index contributed by atoms with van der Waals surface area (Å²) in [6.45, 7) is 16.2. The molecular weight excluding hydrogens is 861 g/mol. The van der Waals surface area contributed by atoms with Crippen LogP contribution in [0.1, 0.15) is 120 Å². The van der Waals surface area contributed by atoms with Crippen molar-refractivity contribution in [3.8, 4) is 0 Å². The first kappa shape index (κ1) is 51.7. The fraction of sp³-hybridized carbons (Fsp3) is 0.898. The van der Waals surface area contributed by atoms with Gasteiger partial charge in [-0.15, -0.1) is 0 Å². The molecule has 7 aliphatic rings. The van der Waals surface area contributed by atoms with Gasteiger partial charge in [-0.2, -0.15) is 0 Å². The fourth-order valence-corrected chi connectivity index (χ4v) is 13.4. The third-order valence-electron chi connectivity index (χ3n) is 16.8. The molecule has 0 spiro atoms. The van der Waals surface area contributed by atoms with Crippen LogP contribution in [0.2, 0.25) is 0 Å². The third kappa shape index (κ3) is 9.44. The molecule has 3 aliphatic heterocycles. The zero-order valence-electron chi connectivity index (χ0n) is 41.0. The van der Waals surface area contributed by atoms with Crippen LogP contribution < -0.4 is 0 Å². The molecule has 0 amide bonds. The Kier molecular flexibility index (Phi) is 15.9. The number of aliphatic hydroxyl groups is 3. The third-order valence-corrected chi connectivity index (χ3v) is 16.8. The van der Waals surface area contributed by atoms with E-state index in [-0.39, 0.29) is 36.1 Å². The number of esters is 2. The van der Waals surface area contributed by atoms with Gasteiger partial charge in [0.2, 0.25) is 0 Å². The molecule has 0 aromatic carbocycles. The first-order valence-electron chi connectivity index (χ1n) is 24.3. The molecule has 0 aromatic rings. The topological polar surface area (TPSA) is 213 Å². The number of ether oxygens (including phenoxy) is 11. The van der Waals surface area contributed by atoms with Gasteiger partial charge < -0.3 is 67.4 Å². The summed E-state index contributed by atoms with van der Waals surface area (Å²) in [7, 11) is 4.63. The highest BCUT2D eigenvalue weighted by Gasteiger charge is 2.75. The maximum atomic E-state index is 13.5. The number of carbonyl (C=O) groups excluding carboxylic acids is 3. The minimum atomic E-state index is -1.35. The number of allylic oxidation sites excluding steroid dienone is 1. The van der Waals surface area contributed by atoms with Crippen molar-refractivity contribution in [2.45, 2.75) is 224 Å². The van der Waals surface area contributed by atoms with E-state index in [0.717, 1.165) is 5.57 Å². The van der Waals surface area contributed by atoms with Crippen molar-refractivity contribution in [2.75, 3.05) is 21.3 Å². The average Bonchev–Trinajstić information content (AvgIpc) is 3.53. The van der Waals surface area contributed by atoms with Gasteiger partial charge in [-0.25, -0.2) is 0 Å². The zero-order chi connectivity index (χ0) is 48.2. The lowest BCUT2D eigenvalue weighted by Crippen LogP contribution is -2.72. The van der Waals surface area contributed by atoms with Crippen molar-refractivity contribution in [1.82, 2.24) is 0 Å². The van der Waals surface area contributed by atoms with Crippen LogP contribution in [0.15, 0.2) is 11.6 Å². The molecule has 6 fully saturated rings. The highest BCUT2D eigenvalue weighted by molar-refractivity contribution is 5.80. The number of hydrogen-bond donors (Lipinski definition) is 3. The maximum absolute atomic E-state index is 13.5. The Hall–Kier alpha value is -2.13.